The van der Waals surface area contributed by atoms with Crippen LogP contribution in [0.3, 0.4) is 0 Å². The molecule has 0 aliphatic carbocycles. The quantitative estimate of drug-likeness (QED) is 0.0725. The number of aliphatic carboxylic acids is 7. The van der Waals surface area contributed by atoms with Gasteiger partial charge >= 0.3 is 41.8 Å². The van der Waals surface area contributed by atoms with Crippen LogP contribution in [0.1, 0.15) is 53.4 Å². The lowest BCUT2D eigenvalue weighted by atomic mass is 10.1. The average Bonchev–Trinajstić information content (AvgIpc) is 2.96. The summed E-state index contributed by atoms with van der Waals surface area (Å²) in [5, 5.41) is 64.3. The van der Waals surface area contributed by atoms with Gasteiger partial charge in [0.25, 0.3) is 0 Å². The Morgan fingerprint density at radius 2 is 0.830 bits per heavy atom. The molecule has 22 N–H and O–H groups in total. The lowest BCUT2D eigenvalue weighted by molar-refractivity contribution is -0.144. The van der Waals surface area contributed by atoms with Crippen LogP contribution in [0.15, 0.2) is 0 Å². The van der Waals surface area contributed by atoms with Crippen molar-refractivity contribution in [3.63, 3.8) is 0 Å². The van der Waals surface area contributed by atoms with E-state index >= 15 is 0 Å². The number of hydrogen-bond acceptors (Lipinski definition) is 15. The van der Waals surface area contributed by atoms with E-state index in [0.717, 1.165) is 12.8 Å². The van der Waals surface area contributed by atoms with Crippen LogP contribution in [0.2, 0.25) is 0 Å². The fourth-order valence-corrected chi connectivity index (χ4v) is 1.56. The van der Waals surface area contributed by atoms with E-state index in [2.05, 4.69) is 5.73 Å². The van der Waals surface area contributed by atoms with Crippen molar-refractivity contribution in [2.75, 3.05) is 19.7 Å². The first-order valence-electron chi connectivity index (χ1n) is 13.6. The molecule has 0 bridgehead atoms. The first kappa shape index (κ1) is 55.4. The van der Waals surface area contributed by atoms with Crippen molar-refractivity contribution >= 4 is 41.8 Å². The minimum absolute atomic E-state index is 0.0208. The number of carbonyl (C=O) groups is 7. The smallest absolute Gasteiger partial charge is 0.322 e. The van der Waals surface area contributed by atoms with Gasteiger partial charge in [0.2, 0.25) is 0 Å². The van der Waals surface area contributed by atoms with Crippen molar-refractivity contribution in [3.8, 4) is 0 Å². The minimum Gasteiger partial charge on any atom is -0.481 e. The van der Waals surface area contributed by atoms with E-state index in [-0.39, 0.29) is 18.4 Å². The zero-order valence-corrected chi connectivity index (χ0v) is 27.0. The van der Waals surface area contributed by atoms with Crippen molar-refractivity contribution in [2.45, 2.75) is 83.6 Å². The van der Waals surface area contributed by atoms with Gasteiger partial charge in [-0.1, -0.05) is 34.1 Å². The van der Waals surface area contributed by atoms with Gasteiger partial charge in [0.05, 0.1) is 19.6 Å². The van der Waals surface area contributed by atoms with Crippen LogP contribution in [0.25, 0.3) is 0 Å². The summed E-state index contributed by atoms with van der Waals surface area (Å²) in [6.07, 6.45) is 1.63. The van der Waals surface area contributed by atoms with E-state index in [1.807, 2.05) is 0 Å². The summed E-state index contributed by atoms with van der Waals surface area (Å²) in [5.41, 5.74) is 34.9. The molecule has 0 aromatic heterocycles. The Labute approximate surface area is 271 Å². The normalized spacial score (nSPS) is 12.7. The first-order chi connectivity index (χ1) is 21.3. The van der Waals surface area contributed by atoms with E-state index < -0.39 is 85.0 Å². The molecule has 280 valence electrons. The largest absolute Gasteiger partial charge is 0.481 e. The molecular formula is C25H55N7O15. The van der Waals surface area contributed by atoms with Crippen LogP contribution in [-0.4, -0.2) is 133 Å². The Balaban J connectivity index is -0.000000108. The van der Waals surface area contributed by atoms with Gasteiger partial charge in [-0.25, -0.2) is 0 Å². The second kappa shape index (κ2) is 34.8. The van der Waals surface area contributed by atoms with E-state index in [4.69, 9.17) is 75.3 Å². The van der Waals surface area contributed by atoms with Gasteiger partial charge in [0, 0.05) is 0 Å². The molecule has 47 heavy (non-hydrogen) atoms. The van der Waals surface area contributed by atoms with Crippen molar-refractivity contribution in [1.82, 2.24) is 0 Å². The number of aliphatic hydroxyl groups excluding tert-OH is 1. The number of unbranched alkanes of at least 4 members (excludes halogenated alkanes) is 1. The van der Waals surface area contributed by atoms with Gasteiger partial charge in [-0.15, -0.1) is 0 Å². The molecule has 0 rings (SSSR count). The van der Waals surface area contributed by atoms with Crippen LogP contribution in [0.5, 0.6) is 0 Å². The molecule has 0 aliphatic rings. The third-order valence-electron chi connectivity index (χ3n) is 4.69. The van der Waals surface area contributed by atoms with E-state index in [1.54, 1.807) is 27.7 Å². The van der Waals surface area contributed by atoms with E-state index in [9.17, 15) is 33.6 Å². The Kier molecular flexibility index (Phi) is 41.0. The molecule has 0 radical (unpaired) electrons. The number of aliphatic hydroxyl groups is 1. The third kappa shape index (κ3) is 49.1. The fourth-order valence-electron chi connectivity index (χ4n) is 1.56. The highest BCUT2D eigenvalue weighted by atomic mass is 16.4. The molecule has 0 amide bonds. The van der Waals surface area contributed by atoms with E-state index in [0.29, 0.717) is 13.0 Å². The van der Waals surface area contributed by atoms with Gasteiger partial charge in [-0.05, 0) is 31.2 Å². The lowest BCUT2D eigenvalue weighted by Gasteiger charge is -2.07. The van der Waals surface area contributed by atoms with E-state index in [1.165, 1.54) is 0 Å². The maximum Gasteiger partial charge on any atom is 0.322 e. The zero-order valence-electron chi connectivity index (χ0n) is 27.0. The Morgan fingerprint density at radius 1 is 0.511 bits per heavy atom. The van der Waals surface area contributed by atoms with Crippen LogP contribution >= 0.6 is 0 Å². The lowest BCUT2D eigenvalue weighted by Crippen LogP contribution is -2.34. The van der Waals surface area contributed by atoms with Crippen LogP contribution < -0.4 is 40.1 Å². The molecule has 0 spiro atoms. The Morgan fingerprint density at radius 3 is 0.936 bits per heavy atom. The summed E-state index contributed by atoms with van der Waals surface area (Å²) < 4.78 is 0. The van der Waals surface area contributed by atoms with Gasteiger partial charge in [-0.2, -0.15) is 0 Å². The summed E-state index contributed by atoms with van der Waals surface area (Å²) in [6.45, 7) is 6.93. The number of carboxylic acids is 7. The summed E-state index contributed by atoms with van der Waals surface area (Å²) in [5.74, 6) is -7.40. The molecule has 0 aromatic rings. The number of carboxylic acid groups (broad SMARTS) is 7. The van der Waals surface area contributed by atoms with Crippen LogP contribution in [-0.2, 0) is 33.6 Å². The minimum atomic E-state index is -1.29. The maximum atomic E-state index is 10.1. The van der Waals surface area contributed by atoms with Crippen molar-refractivity contribution in [1.29, 1.82) is 0 Å². The fraction of sp³-hybridized carbons (Fsp3) is 0.720. The summed E-state index contributed by atoms with van der Waals surface area (Å²) >= 11 is 0. The molecule has 5 unspecified atom stereocenters. The van der Waals surface area contributed by atoms with Crippen molar-refractivity contribution < 1.29 is 74.4 Å². The molecule has 0 saturated carbocycles. The molecule has 0 aromatic carbocycles. The predicted molar refractivity (Wildman–Crippen MR) is 167 cm³/mol. The standard InChI is InChI=1S/C6H14N2O2.2C5H11NO2.C4H7NO4.C3H7NO3.C2H5NO2/c7-4-2-1-3-5(8)6(9)10;2*1-3(2)4(6)5(7)8;5-2(4(8)9)1-3(6)7;4-2(1-5)3(6)7;3-1-2(4)5/h5H,1-4,7-8H2,(H,9,10);2*3-4H,6H2,1-2H3,(H,7,8);2H,1,5H2,(H,6,7)(H,8,9);2,5H,1,4H2,(H,6,7);1,3H2,(H,4,5). The zero-order chi connectivity index (χ0) is 39.0. The highest BCUT2D eigenvalue weighted by Gasteiger charge is 2.16. The Hall–Kier alpha value is -4.03. The van der Waals surface area contributed by atoms with Gasteiger partial charge in [0.1, 0.15) is 30.2 Å². The van der Waals surface area contributed by atoms with Crippen LogP contribution in [0, 0.1) is 11.8 Å². The predicted octanol–water partition coefficient (Wildman–Crippen LogP) is -4.07. The van der Waals surface area contributed by atoms with Gasteiger partial charge in [0.15, 0.2) is 0 Å². The number of nitrogens with two attached hydrogens (primary N) is 7. The highest BCUT2D eigenvalue weighted by Crippen LogP contribution is 1.98. The van der Waals surface area contributed by atoms with Gasteiger partial charge < -0.3 is 81.0 Å². The second-order valence-electron chi connectivity index (χ2n) is 9.71. The summed E-state index contributed by atoms with van der Waals surface area (Å²) in [7, 11) is 0. The van der Waals surface area contributed by atoms with Gasteiger partial charge in [-0.3, -0.25) is 33.6 Å². The molecule has 22 nitrogen and oxygen atoms in total. The molecule has 5 atom stereocenters. The summed E-state index contributed by atoms with van der Waals surface area (Å²) in [4.78, 5) is 68.7. The van der Waals surface area contributed by atoms with Crippen LogP contribution in [0.4, 0.5) is 0 Å². The number of rotatable bonds is 15. The molecule has 0 aliphatic heterocycles. The van der Waals surface area contributed by atoms with Crippen molar-refractivity contribution in [3.05, 3.63) is 0 Å². The number of hydrogen-bond donors (Lipinski definition) is 15. The summed E-state index contributed by atoms with van der Waals surface area (Å²) in [6, 6.07) is -4.56. The molecule has 22 heteroatoms. The molecule has 0 heterocycles. The Bertz CT molecular complexity index is 869. The maximum absolute atomic E-state index is 10.1. The van der Waals surface area contributed by atoms with Crippen molar-refractivity contribution in [2.24, 2.45) is 52.0 Å². The SMILES string of the molecule is CC(C)C(N)C(=O)O.CC(C)C(N)C(=O)O.NC(CC(=O)O)C(=O)O.NC(CO)C(=O)O.NCC(=O)O.NCCCCC(N)C(=O)O. The third-order valence-corrected chi connectivity index (χ3v) is 4.69. The highest BCUT2D eigenvalue weighted by molar-refractivity contribution is 5.80. The molecular weight excluding hydrogens is 638 g/mol. The first-order valence-corrected chi connectivity index (χ1v) is 13.6. The topological polar surface area (TPSA) is 463 Å². The average molecular weight is 694 g/mol. The molecule has 0 fully saturated rings. The monoisotopic (exact) mass is 693 g/mol. The second-order valence-corrected chi connectivity index (χ2v) is 9.71. The molecule has 0 saturated heterocycles.